The third-order valence-corrected chi connectivity index (χ3v) is 3.65. The topological polar surface area (TPSA) is 52.9 Å². The predicted molar refractivity (Wildman–Crippen MR) is 87.8 cm³/mol. The van der Waals surface area contributed by atoms with Crippen LogP contribution in [-0.2, 0) is 4.79 Å². The summed E-state index contributed by atoms with van der Waals surface area (Å²) < 4.78 is 13.7. The molecule has 21 heavy (non-hydrogen) atoms. The van der Waals surface area contributed by atoms with Crippen LogP contribution in [0.25, 0.3) is 6.08 Å². The molecule has 2 aromatic rings. The molecule has 3 nitrogen and oxygen atoms in total. The maximum absolute atomic E-state index is 12.8. The molecule has 0 unspecified atom stereocenters. The first-order valence-electron chi connectivity index (χ1n) is 6.03. The largest absolute Gasteiger partial charge is 0.321 e. The smallest absolute Gasteiger partial charge is 0.266 e. The number of hydrogen-bond acceptors (Lipinski definition) is 2. The first-order chi connectivity index (χ1) is 10.1. The molecule has 0 aromatic heterocycles. The SMILES string of the molecule is N#C/C(=C\c1ccccc1I)C(=O)Nc1ccc(F)cc1. The van der Waals surface area contributed by atoms with Gasteiger partial charge >= 0.3 is 0 Å². The van der Waals surface area contributed by atoms with Gasteiger partial charge in [-0.1, -0.05) is 18.2 Å². The van der Waals surface area contributed by atoms with Crippen LogP contribution in [0.1, 0.15) is 5.56 Å². The highest BCUT2D eigenvalue weighted by Gasteiger charge is 2.10. The number of nitrogens with one attached hydrogen (secondary N) is 1. The van der Waals surface area contributed by atoms with Crippen LogP contribution in [-0.4, -0.2) is 5.91 Å². The maximum atomic E-state index is 12.8. The van der Waals surface area contributed by atoms with Crippen LogP contribution < -0.4 is 5.32 Å². The third-order valence-electron chi connectivity index (χ3n) is 2.67. The van der Waals surface area contributed by atoms with Gasteiger partial charge in [0.2, 0.25) is 0 Å². The molecule has 0 atom stereocenters. The molecule has 0 aliphatic rings. The van der Waals surface area contributed by atoms with E-state index in [0.29, 0.717) is 5.69 Å². The van der Waals surface area contributed by atoms with Crippen molar-refractivity contribution in [3.63, 3.8) is 0 Å². The highest BCUT2D eigenvalue weighted by molar-refractivity contribution is 14.1. The first kappa shape index (κ1) is 15.2. The number of anilines is 1. The highest BCUT2D eigenvalue weighted by Crippen LogP contribution is 2.16. The van der Waals surface area contributed by atoms with Gasteiger partial charge < -0.3 is 5.32 Å². The van der Waals surface area contributed by atoms with Gasteiger partial charge in [0, 0.05) is 9.26 Å². The second kappa shape index (κ2) is 6.99. The van der Waals surface area contributed by atoms with Crippen molar-refractivity contribution in [3.05, 3.63) is 69.1 Å². The van der Waals surface area contributed by atoms with E-state index in [0.717, 1.165) is 9.13 Å². The maximum Gasteiger partial charge on any atom is 0.266 e. The molecule has 0 heterocycles. The van der Waals surface area contributed by atoms with Crippen molar-refractivity contribution in [3.8, 4) is 6.07 Å². The Bertz CT molecular complexity index is 733. The lowest BCUT2D eigenvalue weighted by Gasteiger charge is -2.04. The molecule has 2 rings (SSSR count). The Morgan fingerprint density at radius 1 is 1.19 bits per heavy atom. The minimum Gasteiger partial charge on any atom is -0.321 e. The molecular weight excluding hydrogens is 382 g/mol. The van der Waals surface area contributed by atoms with Gasteiger partial charge in [-0.05, 0) is 64.6 Å². The second-order valence-electron chi connectivity index (χ2n) is 4.15. The number of nitriles is 1. The van der Waals surface area contributed by atoms with Crippen LogP contribution in [0.4, 0.5) is 10.1 Å². The van der Waals surface area contributed by atoms with E-state index in [-0.39, 0.29) is 11.4 Å². The van der Waals surface area contributed by atoms with E-state index in [2.05, 4.69) is 27.9 Å². The lowest BCUT2D eigenvalue weighted by atomic mass is 10.1. The zero-order chi connectivity index (χ0) is 15.2. The Balaban J connectivity index is 2.22. The molecule has 0 aliphatic heterocycles. The summed E-state index contributed by atoms with van der Waals surface area (Å²) in [5, 5.41) is 11.7. The van der Waals surface area contributed by atoms with Crippen LogP contribution in [0, 0.1) is 20.7 Å². The van der Waals surface area contributed by atoms with Crippen molar-refractivity contribution in [2.45, 2.75) is 0 Å². The first-order valence-corrected chi connectivity index (χ1v) is 7.11. The molecule has 0 radical (unpaired) electrons. The molecule has 104 valence electrons. The molecule has 0 spiro atoms. The van der Waals surface area contributed by atoms with Crippen LogP contribution in [0.15, 0.2) is 54.1 Å². The van der Waals surface area contributed by atoms with Gasteiger partial charge in [-0.15, -0.1) is 0 Å². The summed E-state index contributed by atoms with van der Waals surface area (Å²) in [5.41, 5.74) is 1.22. The van der Waals surface area contributed by atoms with Crippen molar-refractivity contribution in [1.82, 2.24) is 0 Å². The normalized spacial score (nSPS) is 10.8. The van der Waals surface area contributed by atoms with E-state index in [1.165, 1.54) is 30.3 Å². The van der Waals surface area contributed by atoms with Gasteiger partial charge in [0.15, 0.2) is 0 Å². The molecule has 0 saturated heterocycles. The second-order valence-corrected chi connectivity index (χ2v) is 5.31. The summed E-state index contributed by atoms with van der Waals surface area (Å²) in [5.74, 6) is -0.911. The van der Waals surface area contributed by atoms with Crippen LogP contribution in [0.3, 0.4) is 0 Å². The Labute approximate surface area is 135 Å². The Morgan fingerprint density at radius 2 is 1.86 bits per heavy atom. The van der Waals surface area contributed by atoms with E-state index in [1.807, 2.05) is 30.3 Å². The molecule has 0 saturated carbocycles. The lowest BCUT2D eigenvalue weighted by molar-refractivity contribution is -0.112. The fourth-order valence-corrected chi connectivity index (χ4v) is 2.17. The lowest BCUT2D eigenvalue weighted by Crippen LogP contribution is -2.13. The summed E-state index contributed by atoms with van der Waals surface area (Å²) in [6.45, 7) is 0. The Kier molecular flexibility index (Phi) is 5.06. The molecule has 0 fully saturated rings. The minimum absolute atomic E-state index is 0.0107. The van der Waals surface area contributed by atoms with Crippen molar-refractivity contribution >= 4 is 40.3 Å². The number of benzene rings is 2. The molecule has 1 N–H and O–H groups in total. The third kappa shape index (κ3) is 4.13. The summed E-state index contributed by atoms with van der Waals surface area (Å²) >= 11 is 2.13. The van der Waals surface area contributed by atoms with Crippen molar-refractivity contribution in [2.75, 3.05) is 5.32 Å². The van der Waals surface area contributed by atoms with E-state index in [9.17, 15) is 9.18 Å². The molecule has 0 aliphatic carbocycles. The predicted octanol–water partition coefficient (Wildman–Crippen LogP) is 3.98. The van der Waals surface area contributed by atoms with Gasteiger partial charge in [0.05, 0.1) is 0 Å². The number of carbonyl (C=O) groups excluding carboxylic acids is 1. The molecule has 5 heteroatoms. The van der Waals surface area contributed by atoms with Crippen LogP contribution in [0.5, 0.6) is 0 Å². The standard InChI is InChI=1S/C16H10FIN2O/c17-13-5-7-14(8-6-13)20-16(21)12(10-19)9-11-3-1-2-4-15(11)18/h1-9H,(H,20,21)/b12-9+. The Morgan fingerprint density at radius 3 is 2.48 bits per heavy atom. The average molecular weight is 392 g/mol. The van der Waals surface area contributed by atoms with E-state index < -0.39 is 5.91 Å². The quantitative estimate of drug-likeness (QED) is 0.488. The number of hydrogen-bond donors (Lipinski definition) is 1. The van der Waals surface area contributed by atoms with Gasteiger partial charge in [0.1, 0.15) is 17.5 Å². The molecule has 2 aromatic carbocycles. The van der Waals surface area contributed by atoms with Gasteiger partial charge in [0.25, 0.3) is 5.91 Å². The van der Waals surface area contributed by atoms with E-state index in [1.54, 1.807) is 0 Å². The Hall–Kier alpha value is -2.20. The zero-order valence-corrected chi connectivity index (χ0v) is 13.0. The number of carbonyl (C=O) groups is 1. The van der Waals surface area contributed by atoms with Crippen molar-refractivity contribution in [2.24, 2.45) is 0 Å². The zero-order valence-electron chi connectivity index (χ0n) is 10.8. The van der Waals surface area contributed by atoms with Crippen molar-refractivity contribution in [1.29, 1.82) is 5.26 Å². The summed E-state index contributed by atoms with van der Waals surface area (Å²) in [6, 6.07) is 14.7. The minimum atomic E-state index is -0.524. The number of halogens is 2. The fraction of sp³-hybridized carbons (Fsp3) is 0. The van der Waals surface area contributed by atoms with Gasteiger partial charge in [-0.3, -0.25) is 4.79 Å². The summed E-state index contributed by atoms with van der Waals surface area (Å²) in [4.78, 5) is 12.0. The van der Waals surface area contributed by atoms with E-state index in [4.69, 9.17) is 5.26 Å². The average Bonchev–Trinajstić information content (AvgIpc) is 2.48. The molecule has 0 bridgehead atoms. The number of rotatable bonds is 3. The number of nitrogens with zero attached hydrogens (tertiary/aromatic N) is 1. The van der Waals surface area contributed by atoms with Crippen LogP contribution in [0.2, 0.25) is 0 Å². The highest BCUT2D eigenvalue weighted by atomic mass is 127. The molecular formula is C16H10FIN2O. The number of amides is 1. The summed E-state index contributed by atoms with van der Waals surface area (Å²) in [6.07, 6.45) is 1.53. The van der Waals surface area contributed by atoms with Gasteiger partial charge in [-0.25, -0.2) is 4.39 Å². The fourth-order valence-electron chi connectivity index (χ4n) is 1.63. The summed E-state index contributed by atoms with van der Waals surface area (Å²) in [7, 11) is 0. The van der Waals surface area contributed by atoms with Crippen LogP contribution >= 0.6 is 22.6 Å². The van der Waals surface area contributed by atoms with E-state index >= 15 is 0 Å². The monoisotopic (exact) mass is 392 g/mol. The van der Waals surface area contributed by atoms with Gasteiger partial charge in [-0.2, -0.15) is 5.26 Å². The van der Waals surface area contributed by atoms with Crippen molar-refractivity contribution < 1.29 is 9.18 Å². The molecule has 1 amide bonds.